The molecule has 1 heterocycles. The predicted molar refractivity (Wildman–Crippen MR) is 87.1 cm³/mol. The van der Waals surface area contributed by atoms with Crippen molar-refractivity contribution in [1.29, 1.82) is 0 Å². The van der Waals surface area contributed by atoms with Gasteiger partial charge in [-0.15, -0.1) is 11.8 Å². The van der Waals surface area contributed by atoms with E-state index >= 15 is 0 Å². The number of halogens is 1. The van der Waals surface area contributed by atoms with Gasteiger partial charge in [-0.25, -0.2) is 0 Å². The van der Waals surface area contributed by atoms with Crippen LogP contribution >= 0.6 is 23.4 Å². The minimum absolute atomic E-state index is 0.0510. The molecule has 0 saturated heterocycles. The molecular formula is C17H16ClNOS. The number of nitrogens with zero attached hydrogens (tertiary/aromatic N) is 1. The molecule has 0 bridgehead atoms. The first-order chi connectivity index (χ1) is 10.3. The summed E-state index contributed by atoms with van der Waals surface area (Å²) in [5, 5.41) is 0.706. The number of fused-ring (bicyclic) bond motifs is 1. The molecule has 1 unspecified atom stereocenters. The minimum atomic E-state index is -0.0510. The van der Waals surface area contributed by atoms with Crippen molar-refractivity contribution in [3.05, 3.63) is 58.9 Å². The molecule has 0 N–H and O–H groups in total. The van der Waals surface area contributed by atoms with E-state index in [-0.39, 0.29) is 11.7 Å². The fourth-order valence-corrected chi connectivity index (χ4v) is 3.91. The Morgan fingerprint density at radius 1 is 1.29 bits per heavy atom. The molecule has 0 radical (unpaired) electrons. The molecule has 3 rings (SSSR count). The van der Waals surface area contributed by atoms with Crippen molar-refractivity contribution >= 4 is 29.1 Å². The van der Waals surface area contributed by atoms with Gasteiger partial charge in [-0.05, 0) is 43.0 Å². The fourth-order valence-electron chi connectivity index (χ4n) is 2.73. The molecule has 1 atom stereocenters. The van der Waals surface area contributed by atoms with Gasteiger partial charge in [0.2, 0.25) is 0 Å². The van der Waals surface area contributed by atoms with E-state index in [9.17, 15) is 4.79 Å². The number of ketones is 1. The first kappa shape index (κ1) is 14.6. The third kappa shape index (κ3) is 3.30. The minimum Gasteiger partial charge on any atom is -0.298 e. The maximum absolute atomic E-state index is 12.5. The van der Waals surface area contributed by atoms with E-state index in [1.165, 1.54) is 17.3 Å². The summed E-state index contributed by atoms with van der Waals surface area (Å²) in [6.45, 7) is 0. The van der Waals surface area contributed by atoms with Gasteiger partial charge in [0.25, 0.3) is 0 Å². The highest BCUT2D eigenvalue weighted by Gasteiger charge is 2.27. The molecule has 0 spiro atoms. The van der Waals surface area contributed by atoms with Crippen LogP contribution < -0.4 is 0 Å². The van der Waals surface area contributed by atoms with Crippen molar-refractivity contribution < 1.29 is 4.79 Å². The van der Waals surface area contributed by atoms with Gasteiger partial charge < -0.3 is 0 Å². The first-order valence-electron chi connectivity index (χ1n) is 7.09. The van der Waals surface area contributed by atoms with Crippen molar-refractivity contribution in [2.24, 2.45) is 0 Å². The van der Waals surface area contributed by atoms with Gasteiger partial charge in [0.05, 0.1) is 22.4 Å². The zero-order valence-corrected chi connectivity index (χ0v) is 13.2. The second-order valence-electron chi connectivity index (χ2n) is 5.18. The number of rotatable bonds is 4. The molecule has 0 saturated carbocycles. The van der Waals surface area contributed by atoms with Gasteiger partial charge in [-0.1, -0.05) is 29.8 Å². The number of thioether (sulfide) groups is 1. The number of Topliss-reactive ketones (excluding diaryl/α,β-unsaturated/α-hetero) is 1. The number of aromatic nitrogens is 1. The van der Waals surface area contributed by atoms with E-state index in [1.54, 1.807) is 6.20 Å². The van der Waals surface area contributed by atoms with Crippen LogP contribution in [0.25, 0.3) is 0 Å². The largest absolute Gasteiger partial charge is 0.298 e. The van der Waals surface area contributed by atoms with Crippen LogP contribution in [0.15, 0.2) is 47.5 Å². The molecule has 108 valence electrons. The molecule has 1 aromatic carbocycles. The summed E-state index contributed by atoms with van der Waals surface area (Å²) in [6, 6.07) is 11.7. The predicted octanol–water partition coefficient (Wildman–Crippen LogP) is 4.52. The molecule has 4 heteroatoms. The van der Waals surface area contributed by atoms with Gasteiger partial charge in [0.1, 0.15) is 0 Å². The lowest BCUT2D eigenvalue weighted by molar-refractivity contribution is -0.118. The summed E-state index contributed by atoms with van der Waals surface area (Å²) in [7, 11) is 0. The van der Waals surface area contributed by atoms with E-state index in [0.717, 1.165) is 29.9 Å². The third-order valence-corrected chi connectivity index (χ3v) is 5.33. The number of hydrogen-bond donors (Lipinski definition) is 0. The van der Waals surface area contributed by atoms with Crippen LogP contribution in [0.1, 0.15) is 30.0 Å². The third-order valence-electron chi connectivity index (χ3n) is 3.79. The molecular weight excluding hydrogens is 302 g/mol. The van der Waals surface area contributed by atoms with Crippen LogP contribution in [-0.4, -0.2) is 16.5 Å². The average Bonchev–Trinajstić information content (AvgIpc) is 2.53. The zero-order chi connectivity index (χ0) is 14.7. The quantitative estimate of drug-likeness (QED) is 0.777. The molecule has 1 aliphatic rings. The second-order valence-corrected chi connectivity index (χ2v) is 6.60. The topological polar surface area (TPSA) is 30.0 Å². The summed E-state index contributed by atoms with van der Waals surface area (Å²) < 4.78 is 0. The lowest BCUT2D eigenvalue weighted by atomic mass is 9.84. The van der Waals surface area contributed by atoms with E-state index in [0.29, 0.717) is 10.8 Å². The second kappa shape index (κ2) is 6.63. The molecule has 0 fully saturated rings. The molecule has 1 aromatic heterocycles. The molecule has 2 nitrogen and oxygen atoms in total. The van der Waals surface area contributed by atoms with Gasteiger partial charge in [-0.2, -0.15) is 0 Å². The van der Waals surface area contributed by atoms with Crippen LogP contribution in [0.4, 0.5) is 0 Å². The van der Waals surface area contributed by atoms with Crippen molar-refractivity contribution in [2.75, 3.05) is 5.75 Å². The van der Waals surface area contributed by atoms with Crippen LogP contribution in [-0.2, 0) is 11.2 Å². The molecule has 0 aliphatic heterocycles. The first-order valence-corrected chi connectivity index (χ1v) is 8.46. The van der Waals surface area contributed by atoms with Crippen LogP contribution in [0.5, 0.6) is 0 Å². The monoisotopic (exact) mass is 317 g/mol. The number of aryl methyl sites for hydroxylation is 1. The maximum Gasteiger partial charge on any atom is 0.152 e. The van der Waals surface area contributed by atoms with Gasteiger partial charge >= 0.3 is 0 Å². The van der Waals surface area contributed by atoms with Gasteiger partial charge in [0, 0.05) is 11.1 Å². The Hall–Kier alpha value is -1.32. The van der Waals surface area contributed by atoms with Crippen LogP contribution in [0, 0.1) is 0 Å². The summed E-state index contributed by atoms with van der Waals surface area (Å²) >= 11 is 7.64. The average molecular weight is 318 g/mol. The molecule has 0 amide bonds. The number of carbonyl (C=O) groups excluding carboxylic acids is 1. The summed E-state index contributed by atoms with van der Waals surface area (Å²) in [5.74, 6) is 0.647. The summed E-state index contributed by atoms with van der Waals surface area (Å²) in [5.41, 5.74) is 2.21. The molecule has 1 aliphatic carbocycles. The van der Waals surface area contributed by atoms with E-state index in [4.69, 9.17) is 11.6 Å². The van der Waals surface area contributed by atoms with Crippen molar-refractivity contribution in [3.63, 3.8) is 0 Å². The van der Waals surface area contributed by atoms with Gasteiger partial charge in [0.15, 0.2) is 5.78 Å². The Kier molecular flexibility index (Phi) is 4.61. The lowest BCUT2D eigenvalue weighted by Crippen LogP contribution is -2.21. The Balaban J connectivity index is 1.71. The maximum atomic E-state index is 12.5. The molecule has 2 aromatic rings. The fraction of sp³-hybridized carbons (Fsp3) is 0.294. The Morgan fingerprint density at radius 2 is 2.14 bits per heavy atom. The van der Waals surface area contributed by atoms with Gasteiger partial charge in [-0.3, -0.25) is 9.78 Å². The number of benzene rings is 1. The van der Waals surface area contributed by atoms with Crippen molar-refractivity contribution in [3.8, 4) is 0 Å². The smallest absolute Gasteiger partial charge is 0.152 e. The number of pyridine rings is 1. The van der Waals surface area contributed by atoms with Crippen molar-refractivity contribution in [2.45, 2.75) is 30.1 Å². The number of hydrogen-bond acceptors (Lipinski definition) is 3. The van der Waals surface area contributed by atoms with E-state index in [1.807, 2.05) is 30.3 Å². The zero-order valence-electron chi connectivity index (χ0n) is 11.6. The summed E-state index contributed by atoms with van der Waals surface area (Å²) in [4.78, 5) is 17.9. The highest BCUT2D eigenvalue weighted by molar-refractivity contribution is 8.00. The normalized spacial score (nSPS) is 17.3. The SMILES string of the molecule is O=C(CSc1ccccc1Cl)C1CCCc2cccnc21. The standard InChI is InChI=1S/C17H16ClNOS/c18-14-8-1-2-9-16(14)21-11-15(20)13-7-3-5-12-6-4-10-19-17(12)13/h1-2,4,6,8-10,13H,3,5,7,11H2. The highest BCUT2D eigenvalue weighted by Crippen LogP contribution is 2.33. The van der Waals surface area contributed by atoms with Crippen LogP contribution in [0.2, 0.25) is 5.02 Å². The van der Waals surface area contributed by atoms with Crippen LogP contribution in [0.3, 0.4) is 0 Å². The highest BCUT2D eigenvalue weighted by atomic mass is 35.5. The number of carbonyl (C=O) groups is 1. The Labute approximate surface area is 133 Å². The summed E-state index contributed by atoms with van der Waals surface area (Å²) in [6.07, 6.45) is 4.79. The lowest BCUT2D eigenvalue weighted by Gasteiger charge is -2.23. The Morgan fingerprint density at radius 3 is 3.00 bits per heavy atom. The Bertz CT molecular complexity index is 659. The van der Waals surface area contributed by atoms with Crippen molar-refractivity contribution in [1.82, 2.24) is 4.98 Å². The van der Waals surface area contributed by atoms with E-state index in [2.05, 4.69) is 11.1 Å². The molecule has 21 heavy (non-hydrogen) atoms. The van der Waals surface area contributed by atoms with E-state index < -0.39 is 0 Å².